The van der Waals surface area contributed by atoms with Gasteiger partial charge in [-0.05, 0) is 13.1 Å². The minimum atomic E-state index is 0.545. The molecule has 1 aliphatic rings. The lowest BCUT2D eigenvalue weighted by atomic mass is 10.3. The highest BCUT2D eigenvalue weighted by molar-refractivity contribution is 5.30. The van der Waals surface area contributed by atoms with Gasteiger partial charge in [-0.2, -0.15) is 0 Å². The summed E-state index contributed by atoms with van der Waals surface area (Å²) < 4.78 is 5.07. The lowest BCUT2D eigenvalue weighted by Crippen LogP contribution is -2.45. The fraction of sp³-hybridized carbons (Fsp3) is 0.636. The van der Waals surface area contributed by atoms with Crippen LogP contribution in [0.1, 0.15) is 5.69 Å². The van der Waals surface area contributed by atoms with Gasteiger partial charge in [0.1, 0.15) is 0 Å². The summed E-state index contributed by atoms with van der Waals surface area (Å²) in [6, 6.07) is 1.89. The van der Waals surface area contributed by atoms with Crippen LogP contribution in [0.5, 0.6) is 0 Å². The Bertz CT molecular complexity index is 337. The maximum absolute atomic E-state index is 5.07. The second kappa shape index (κ2) is 5.23. The van der Waals surface area contributed by atoms with E-state index in [2.05, 4.69) is 26.8 Å². The molecule has 0 aromatic carbocycles. The Morgan fingerprint density at radius 2 is 2.06 bits per heavy atom. The zero-order valence-corrected chi connectivity index (χ0v) is 9.89. The van der Waals surface area contributed by atoms with E-state index in [0.717, 1.165) is 37.8 Å². The summed E-state index contributed by atoms with van der Waals surface area (Å²) in [5.41, 5.74) is 0.937. The molecule has 0 N–H and O–H groups in total. The molecule has 0 spiro atoms. The number of hydrogen-bond donors (Lipinski definition) is 0. The summed E-state index contributed by atoms with van der Waals surface area (Å²) in [5.74, 6) is 0.822. The molecular formula is C11H18N4O. The van der Waals surface area contributed by atoms with E-state index in [0.29, 0.717) is 6.61 Å². The number of methoxy groups -OCH3 is 1. The molecule has 88 valence electrons. The maximum atomic E-state index is 5.07. The number of likely N-dealkylation sites (N-methyl/N-ethyl adjacent to an activating group) is 1. The zero-order chi connectivity index (χ0) is 11.4. The van der Waals surface area contributed by atoms with E-state index < -0.39 is 0 Å². The van der Waals surface area contributed by atoms with Gasteiger partial charge in [0.25, 0.3) is 0 Å². The monoisotopic (exact) mass is 222 g/mol. The first-order chi connectivity index (χ1) is 7.79. The first kappa shape index (κ1) is 11.3. The molecule has 1 aromatic rings. The average Bonchev–Trinajstić information content (AvgIpc) is 2.31. The number of rotatable bonds is 3. The predicted octanol–water partition coefficient (Wildman–Crippen LogP) is 0.375. The number of hydrogen-bond acceptors (Lipinski definition) is 5. The molecule has 1 saturated heterocycles. The fourth-order valence-electron chi connectivity index (χ4n) is 1.77. The van der Waals surface area contributed by atoms with E-state index >= 15 is 0 Å². The zero-order valence-electron chi connectivity index (χ0n) is 9.89. The lowest BCUT2D eigenvalue weighted by molar-refractivity contribution is 0.181. The van der Waals surface area contributed by atoms with Gasteiger partial charge in [-0.3, -0.25) is 0 Å². The molecule has 1 aromatic heterocycles. The van der Waals surface area contributed by atoms with E-state index in [1.165, 1.54) is 0 Å². The van der Waals surface area contributed by atoms with Gasteiger partial charge >= 0.3 is 0 Å². The van der Waals surface area contributed by atoms with Crippen molar-refractivity contribution in [1.29, 1.82) is 0 Å². The predicted molar refractivity (Wildman–Crippen MR) is 62.5 cm³/mol. The number of aromatic nitrogens is 2. The number of piperazine rings is 1. The first-order valence-corrected chi connectivity index (χ1v) is 5.54. The van der Waals surface area contributed by atoms with Gasteiger partial charge in [-0.1, -0.05) is 0 Å². The van der Waals surface area contributed by atoms with Crippen LogP contribution in [0.25, 0.3) is 0 Å². The smallest absolute Gasteiger partial charge is 0.225 e. The SMILES string of the molecule is COCc1ccnc(N2CCN(C)CC2)n1. The largest absolute Gasteiger partial charge is 0.378 e. The Balaban J connectivity index is 2.05. The van der Waals surface area contributed by atoms with Gasteiger partial charge < -0.3 is 14.5 Å². The minimum Gasteiger partial charge on any atom is -0.378 e. The summed E-state index contributed by atoms with van der Waals surface area (Å²) in [4.78, 5) is 13.3. The van der Waals surface area contributed by atoms with E-state index in [9.17, 15) is 0 Å². The molecule has 0 bridgehead atoms. The highest BCUT2D eigenvalue weighted by atomic mass is 16.5. The Kier molecular flexibility index (Phi) is 3.69. The molecule has 2 rings (SSSR count). The highest BCUT2D eigenvalue weighted by Crippen LogP contribution is 2.10. The van der Waals surface area contributed by atoms with Gasteiger partial charge in [0.05, 0.1) is 12.3 Å². The molecule has 0 aliphatic carbocycles. The second-order valence-corrected chi connectivity index (χ2v) is 4.07. The summed E-state index contributed by atoms with van der Waals surface area (Å²) in [6.45, 7) is 4.67. The second-order valence-electron chi connectivity index (χ2n) is 4.07. The fourth-order valence-corrected chi connectivity index (χ4v) is 1.77. The molecule has 1 fully saturated rings. The van der Waals surface area contributed by atoms with Crippen molar-refractivity contribution >= 4 is 5.95 Å². The third-order valence-corrected chi connectivity index (χ3v) is 2.78. The van der Waals surface area contributed by atoms with Crippen LogP contribution in [0.3, 0.4) is 0 Å². The Morgan fingerprint density at radius 1 is 1.31 bits per heavy atom. The molecule has 5 heteroatoms. The summed E-state index contributed by atoms with van der Waals surface area (Å²) in [6.07, 6.45) is 1.80. The highest BCUT2D eigenvalue weighted by Gasteiger charge is 2.16. The van der Waals surface area contributed by atoms with Gasteiger partial charge in [0, 0.05) is 39.5 Å². The standard InChI is InChI=1S/C11H18N4O/c1-14-5-7-15(8-6-14)11-12-4-3-10(13-11)9-16-2/h3-4H,5-9H2,1-2H3. The maximum Gasteiger partial charge on any atom is 0.225 e. The van der Waals surface area contributed by atoms with Crippen molar-refractivity contribution in [2.75, 3.05) is 45.2 Å². The molecule has 1 aliphatic heterocycles. The van der Waals surface area contributed by atoms with Gasteiger partial charge in [0.15, 0.2) is 0 Å². The molecule has 16 heavy (non-hydrogen) atoms. The van der Waals surface area contributed by atoms with Crippen molar-refractivity contribution in [3.05, 3.63) is 18.0 Å². The van der Waals surface area contributed by atoms with E-state index in [4.69, 9.17) is 4.74 Å². The van der Waals surface area contributed by atoms with Gasteiger partial charge in [-0.15, -0.1) is 0 Å². The van der Waals surface area contributed by atoms with Crippen molar-refractivity contribution in [3.63, 3.8) is 0 Å². The molecular weight excluding hydrogens is 204 g/mol. The van der Waals surface area contributed by atoms with Crippen LogP contribution < -0.4 is 4.90 Å². The summed E-state index contributed by atoms with van der Waals surface area (Å²) in [5, 5.41) is 0. The molecule has 0 amide bonds. The van der Waals surface area contributed by atoms with Crippen LogP contribution in [0.4, 0.5) is 5.95 Å². The van der Waals surface area contributed by atoms with Gasteiger partial charge in [0.2, 0.25) is 5.95 Å². The molecule has 0 unspecified atom stereocenters. The van der Waals surface area contributed by atoms with Crippen molar-refractivity contribution in [1.82, 2.24) is 14.9 Å². The Hall–Kier alpha value is -1.20. The van der Waals surface area contributed by atoms with E-state index in [1.54, 1.807) is 13.3 Å². The third kappa shape index (κ3) is 2.68. The van der Waals surface area contributed by atoms with Crippen molar-refractivity contribution in [3.8, 4) is 0 Å². The topological polar surface area (TPSA) is 41.5 Å². The van der Waals surface area contributed by atoms with Crippen molar-refractivity contribution < 1.29 is 4.74 Å². The number of nitrogens with zero attached hydrogens (tertiary/aromatic N) is 4. The van der Waals surface area contributed by atoms with Gasteiger partial charge in [-0.25, -0.2) is 9.97 Å². The lowest BCUT2D eigenvalue weighted by Gasteiger charge is -2.32. The minimum absolute atomic E-state index is 0.545. The molecule has 0 radical (unpaired) electrons. The molecule has 0 atom stereocenters. The Morgan fingerprint density at radius 3 is 2.75 bits per heavy atom. The summed E-state index contributed by atoms with van der Waals surface area (Å²) in [7, 11) is 3.82. The first-order valence-electron chi connectivity index (χ1n) is 5.54. The quantitative estimate of drug-likeness (QED) is 0.739. The molecule has 0 saturated carbocycles. The molecule has 2 heterocycles. The van der Waals surface area contributed by atoms with Crippen LogP contribution in [-0.2, 0) is 11.3 Å². The van der Waals surface area contributed by atoms with Crippen LogP contribution in [-0.4, -0.2) is 55.2 Å². The number of ether oxygens (including phenoxy) is 1. The van der Waals surface area contributed by atoms with Crippen LogP contribution in [0, 0.1) is 0 Å². The summed E-state index contributed by atoms with van der Waals surface area (Å²) >= 11 is 0. The van der Waals surface area contributed by atoms with Crippen molar-refractivity contribution in [2.24, 2.45) is 0 Å². The van der Waals surface area contributed by atoms with Crippen molar-refractivity contribution in [2.45, 2.75) is 6.61 Å². The number of anilines is 1. The Labute approximate surface area is 96.1 Å². The normalized spacial score (nSPS) is 17.8. The van der Waals surface area contributed by atoms with Crippen LogP contribution in [0.2, 0.25) is 0 Å². The van der Waals surface area contributed by atoms with E-state index in [-0.39, 0.29) is 0 Å². The van der Waals surface area contributed by atoms with Crippen LogP contribution >= 0.6 is 0 Å². The average molecular weight is 222 g/mol. The third-order valence-electron chi connectivity index (χ3n) is 2.78. The van der Waals surface area contributed by atoms with Crippen LogP contribution in [0.15, 0.2) is 12.3 Å². The van der Waals surface area contributed by atoms with E-state index in [1.807, 2.05) is 6.07 Å². The molecule has 5 nitrogen and oxygen atoms in total.